The van der Waals surface area contributed by atoms with Gasteiger partial charge in [-0.3, -0.25) is 9.48 Å². The molecule has 3 aromatic rings. The Kier molecular flexibility index (Phi) is 5.65. The lowest BCUT2D eigenvalue weighted by atomic mass is 10.1. The van der Waals surface area contributed by atoms with Gasteiger partial charge in [0.2, 0.25) is 5.91 Å². The maximum Gasteiger partial charge on any atom is 0.319 e. The Morgan fingerprint density at radius 3 is 2.70 bits per heavy atom. The van der Waals surface area contributed by atoms with Gasteiger partial charge in [0.25, 0.3) is 0 Å². The van der Waals surface area contributed by atoms with E-state index in [-0.39, 0.29) is 18.0 Å². The molecule has 0 unspecified atom stereocenters. The molecular formula is C22H23N5O3. The molecule has 0 fully saturated rings. The second-order valence-corrected chi connectivity index (χ2v) is 7.12. The van der Waals surface area contributed by atoms with Gasteiger partial charge in [0.1, 0.15) is 17.9 Å². The zero-order valence-corrected chi connectivity index (χ0v) is 16.5. The number of carbonyl (C=O) groups is 2. The SMILES string of the molecule is C[C@H](C(=O)Nc1cccc(NC(=O)NC[C@@H]2Cc3ccccc3O2)c1)n1cccn1. The minimum absolute atomic E-state index is 0.0810. The summed E-state index contributed by atoms with van der Waals surface area (Å²) in [5.41, 5.74) is 2.32. The number of rotatable bonds is 6. The fraction of sp³-hybridized carbons (Fsp3) is 0.227. The zero-order chi connectivity index (χ0) is 20.9. The number of benzene rings is 2. The largest absolute Gasteiger partial charge is 0.488 e. The Bertz CT molecular complexity index is 1010. The first-order chi connectivity index (χ1) is 14.6. The van der Waals surface area contributed by atoms with E-state index < -0.39 is 6.04 Å². The van der Waals surface area contributed by atoms with Crippen molar-refractivity contribution in [2.45, 2.75) is 25.5 Å². The molecule has 0 radical (unpaired) electrons. The molecule has 3 amide bonds. The van der Waals surface area contributed by atoms with Gasteiger partial charge in [0, 0.05) is 30.2 Å². The van der Waals surface area contributed by atoms with E-state index in [0.717, 1.165) is 17.7 Å². The summed E-state index contributed by atoms with van der Waals surface area (Å²) >= 11 is 0. The van der Waals surface area contributed by atoms with Crippen molar-refractivity contribution in [3.8, 4) is 5.75 Å². The van der Waals surface area contributed by atoms with E-state index >= 15 is 0 Å². The number of nitrogens with one attached hydrogen (secondary N) is 3. The van der Waals surface area contributed by atoms with Gasteiger partial charge in [-0.15, -0.1) is 0 Å². The molecule has 2 heterocycles. The van der Waals surface area contributed by atoms with E-state index in [4.69, 9.17) is 4.74 Å². The van der Waals surface area contributed by atoms with Crippen LogP contribution in [0.1, 0.15) is 18.5 Å². The maximum atomic E-state index is 12.4. The predicted octanol–water partition coefficient (Wildman–Crippen LogP) is 3.21. The van der Waals surface area contributed by atoms with Crippen LogP contribution in [0.4, 0.5) is 16.2 Å². The Labute approximate surface area is 174 Å². The van der Waals surface area contributed by atoms with Crippen molar-refractivity contribution in [2.75, 3.05) is 17.2 Å². The summed E-state index contributed by atoms with van der Waals surface area (Å²) in [7, 11) is 0. The van der Waals surface area contributed by atoms with Crippen molar-refractivity contribution in [2.24, 2.45) is 0 Å². The lowest BCUT2D eigenvalue weighted by Crippen LogP contribution is -2.37. The summed E-state index contributed by atoms with van der Waals surface area (Å²) in [5.74, 6) is 0.677. The van der Waals surface area contributed by atoms with Crippen LogP contribution in [0.15, 0.2) is 67.0 Å². The number of anilines is 2. The van der Waals surface area contributed by atoms with Gasteiger partial charge >= 0.3 is 6.03 Å². The van der Waals surface area contributed by atoms with Gasteiger partial charge in [0.15, 0.2) is 0 Å². The summed E-state index contributed by atoms with van der Waals surface area (Å²) in [5, 5.41) is 12.5. The van der Waals surface area contributed by atoms with Crippen molar-refractivity contribution >= 4 is 23.3 Å². The van der Waals surface area contributed by atoms with E-state index in [1.54, 1.807) is 54.3 Å². The highest BCUT2D eigenvalue weighted by Gasteiger charge is 2.22. The lowest BCUT2D eigenvalue weighted by Gasteiger charge is -2.14. The summed E-state index contributed by atoms with van der Waals surface area (Å²) in [6, 6.07) is 15.9. The fourth-order valence-electron chi connectivity index (χ4n) is 3.30. The van der Waals surface area contributed by atoms with Crippen LogP contribution in [-0.2, 0) is 11.2 Å². The number of fused-ring (bicyclic) bond motifs is 1. The number of nitrogens with zero attached hydrogens (tertiary/aromatic N) is 2. The Morgan fingerprint density at radius 2 is 1.93 bits per heavy atom. The summed E-state index contributed by atoms with van der Waals surface area (Å²) in [4.78, 5) is 24.7. The van der Waals surface area contributed by atoms with Crippen LogP contribution in [0, 0.1) is 0 Å². The highest BCUT2D eigenvalue weighted by atomic mass is 16.5. The van der Waals surface area contributed by atoms with E-state index in [1.807, 2.05) is 24.3 Å². The molecule has 1 aliphatic rings. The number of hydrogen-bond donors (Lipinski definition) is 3. The third-order valence-corrected chi connectivity index (χ3v) is 4.89. The molecular weight excluding hydrogens is 382 g/mol. The average Bonchev–Trinajstić information content (AvgIpc) is 3.41. The number of ether oxygens (including phenoxy) is 1. The lowest BCUT2D eigenvalue weighted by molar-refractivity contribution is -0.119. The monoisotopic (exact) mass is 405 g/mol. The average molecular weight is 405 g/mol. The van der Waals surface area contributed by atoms with Crippen LogP contribution in [0.2, 0.25) is 0 Å². The number of amides is 3. The van der Waals surface area contributed by atoms with Crippen LogP contribution in [0.5, 0.6) is 5.75 Å². The predicted molar refractivity (Wildman–Crippen MR) is 114 cm³/mol. The normalized spacial score (nSPS) is 15.6. The van der Waals surface area contributed by atoms with E-state index in [2.05, 4.69) is 21.0 Å². The molecule has 3 N–H and O–H groups in total. The molecule has 30 heavy (non-hydrogen) atoms. The molecule has 0 bridgehead atoms. The molecule has 8 heteroatoms. The highest BCUT2D eigenvalue weighted by molar-refractivity contribution is 5.95. The van der Waals surface area contributed by atoms with Gasteiger partial charge in [-0.1, -0.05) is 24.3 Å². The van der Waals surface area contributed by atoms with E-state index in [9.17, 15) is 9.59 Å². The smallest absolute Gasteiger partial charge is 0.319 e. The van der Waals surface area contributed by atoms with Crippen molar-refractivity contribution in [1.29, 1.82) is 0 Å². The first kappa shape index (κ1) is 19.5. The van der Waals surface area contributed by atoms with Crippen LogP contribution in [-0.4, -0.2) is 34.4 Å². The Hall–Kier alpha value is -3.81. The van der Waals surface area contributed by atoms with Crippen molar-refractivity contribution in [3.63, 3.8) is 0 Å². The minimum atomic E-state index is -0.449. The van der Waals surface area contributed by atoms with Crippen molar-refractivity contribution in [1.82, 2.24) is 15.1 Å². The zero-order valence-electron chi connectivity index (χ0n) is 16.5. The number of hydrogen-bond acceptors (Lipinski definition) is 4. The number of para-hydroxylation sites is 1. The molecule has 0 saturated carbocycles. The molecule has 154 valence electrons. The fourth-order valence-corrected chi connectivity index (χ4v) is 3.30. The molecule has 0 spiro atoms. The summed E-state index contributed by atoms with van der Waals surface area (Å²) in [6.45, 7) is 2.17. The van der Waals surface area contributed by atoms with Crippen molar-refractivity contribution < 1.29 is 14.3 Å². The minimum Gasteiger partial charge on any atom is -0.488 e. The number of aromatic nitrogens is 2. The molecule has 2 atom stereocenters. The molecule has 8 nitrogen and oxygen atoms in total. The number of urea groups is 1. The quantitative estimate of drug-likeness (QED) is 0.587. The maximum absolute atomic E-state index is 12.4. The van der Waals surface area contributed by atoms with Gasteiger partial charge < -0.3 is 20.7 Å². The van der Waals surface area contributed by atoms with Crippen LogP contribution < -0.4 is 20.7 Å². The summed E-state index contributed by atoms with van der Waals surface area (Å²) < 4.78 is 7.40. The van der Waals surface area contributed by atoms with Crippen LogP contribution in [0.25, 0.3) is 0 Å². The molecule has 0 saturated heterocycles. The third-order valence-electron chi connectivity index (χ3n) is 4.89. The third kappa shape index (κ3) is 4.60. The van der Waals surface area contributed by atoms with Gasteiger partial charge in [-0.05, 0) is 42.8 Å². The highest BCUT2D eigenvalue weighted by Crippen LogP contribution is 2.27. The second kappa shape index (κ2) is 8.69. The molecule has 0 aliphatic carbocycles. The van der Waals surface area contributed by atoms with Gasteiger partial charge in [0.05, 0.1) is 6.54 Å². The van der Waals surface area contributed by atoms with E-state index in [1.165, 1.54) is 0 Å². The van der Waals surface area contributed by atoms with Crippen molar-refractivity contribution in [3.05, 3.63) is 72.6 Å². The Morgan fingerprint density at radius 1 is 1.13 bits per heavy atom. The Balaban J connectivity index is 1.28. The molecule has 1 aliphatic heterocycles. The first-order valence-electron chi connectivity index (χ1n) is 9.78. The van der Waals surface area contributed by atoms with Crippen LogP contribution in [0.3, 0.4) is 0 Å². The summed E-state index contributed by atoms with van der Waals surface area (Å²) in [6.07, 6.45) is 4.05. The van der Waals surface area contributed by atoms with E-state index in [0.29, 0.717) is 17.9 Å². The standard InChI is InChI=1S/C22H23N5O3/c1-15(27-11-5-10-24-27)21(28)25-17-7-4-8-18(13-17)26-22(29)23-14-19-12-16-6-2-3-9-20(16)30-19/h2-11,13,15,19H,12,14H2,1H3,(H,25,28)(H2,23,26,29)/t15-,19+/m1/s1. The van der Waals surface area contributed by atoms with Crippen LogP contribution >= 0.6 is 0 Å². The second-order valence-electron chi connectivity index (χ2n) is 7.12. The van der Waals surface area contributed by atoms with Gasteiger partial charge in [-0.25, -0.2) is 4.79 Å². The van der Waals surface area contributed by atoms with Gasteiger partial charge in [-0.2, -0.15) is 5.10 Å². The topological polar surface area (TPSA) is 97.3 Å². The molecule has 2 aromatic carbocycles. The molecule has 4 rings (SSSR count). The first-order valence-corrected chi connectivity index (χ1v) is 9.78. The number of carbonyl (C=O) groups excluding carboxylic acids is 2. The molecule has 1 aromatic heterocycles.